The molecule has 164 valence electrons. The Labute approximate surface area is 191 Å². The minimum absolute atomic E-state index is 0.0184. The van der Waals surface area contributed by atoms with Crippen molar-refractivity contribution in [2.75, 3.05) is 20.2 Å². The van der Waals surface area contributed by atoms with Crippen LogP contribution >= 0.6 is 22.7 Å². The molecule has 1 N–H and O–H groups in total. The molecule has 0 spiro atoms. The fourth-order valence-corrected chi connectivity index (χ4v) is 6.13. The van der Waals surface area contributed by atoms with E-state index in [9.17, 15) is 14.7 Å². The van der Waals surface area contributed by atoms with Crippen LogP contribution in [0.5, 0.6) is 11.5 Å². The highest BCUT2D eigenvalue weighted by atomic mass is 32.1. The van der Waals surface area contributed by atoms with Crippen molar-refractivity contribution in [3.63, 3.8) is 0 Å². The van der Waals surface area contributed by atoms with E-state index in [0.29, 0.717) is 45.9 Å². The van der Waals surface area contributed by atoms with Gasteiger partial charge in [-0.2, -0.15) is 0 Å². The third-order valence-electron chi connectivity index (χ3n) is 5.63. The average Bonchev–Trinajstić information content (AvgIpc) is 3.49. The van der Waals surface area contributed by atoms with Gasteiger partial charge in [0, 0.05) is 47.4 Å². The van der Waals surface area contributed by atoms with Crippen molar-refractivity contribution >= 4 is 54.9 Å². The lowest BCUT2D eigenvalue weighted by Crippen LogP contribution is -2.29. The van der Waals surface area contributed by atoms with Crippen LogP contribution in [0.2, 0.25) is 0 Å². The lowest BCUT2D eigenvalue weighted by atomic mass is 10.1. The Morgan fingerprint density at radius 3 is 2.81 bits per heavy atom. The van der Waals surface area contributed by atoms with Crippen LogP contribution < -0.4 is 4.74 Å². The van der Waals surface area contributed by atoms with Gasteiger partial charge in [-0.3, -0.25) is 9.78 Å². The fraction of sp³-hybridized carbons (Fsp3) is 0.261. The smallest absolute Gasteiger partial charge is 0.337 e. The minimum atomic E-state index is -0.927. The summed E-state index contributed by atoms with van der Waals surface area (Å²) in [5.41, 5.74) is 1.04. The number of hydrogen-bond donors (Lipinski definition) is 1. The molecule has 1 amide bonds. The molecule has 4 heterocycles. The van der Waals surface area contributed by atoms with Gasteiger partial charge in [-0.1, -0.05) is 0 Å². The monoisotopic (exact) mass is 468 g/mol. The average molecular weight is 469 g/mol. The van der Waals surface area contributed by atoms with Crippen molar-refractivity contribution in [1.29, 1.82) is 0 Å². The fourth-order valence-electron chi connectivity index (χ4n) is 4.02. The van der Waals surface area contributed by atoms with Gasteiger partial charge in [0.2, 0.25) is 0 Å². The maximum atomic E-state index is 12.9. The standard InChI is InChI=1S/C23H20N2O5S2/c1-12-20(23(27)28)15-4-3-13(9-18(15)31-12)30-17-5-7-24-16-10-19(32-21(16)17)22(26)25-8-6-14(11-25)29-2/h3-5,7,9-10,14H,6,8,11H2,1-2H3,(H,27,28)/t14-/m1/s1. The summed E-state index contributed by atoms with van der Waals surface area (Å²) in [4.78, 5) is 32.1. The zero-order valence-electron chi connectivity index (χ0n) is 17.5. The first-order chi connectivity index (χ1) is 15.4. The van der Waals surface area contributed by atoms with Crippen LogP contribution in [0.15, 0.2) is 36.5 Å². The molecule has 1 saturated heterocycles. The van der Waals surface area contributed by atoms with Crippen molar-refractivity contribution in [3.05, 3.63) is 51.8 Å². The predicted molar refractivity (Wildman–Crippen MR) is 125 cm³/mol. The van der Waals surface area contributed by atoms with Gasteiger partial charge in [-0.05, 0) is 37.6 Å². The zero-order valence-corrected chi connectivity index (χ0v) is 19.1. The number of rotatable bonds is 5. The lowest BCUT2D eigenvalue weighted by Gasteiger charge is -2.14. The maximum Gasteiger partial charge on any atom is 0.337 e. The number of fused-ring (bicyclic) bond motifs is 2. The molecule has 0 saturated carbocycles. The van der Waals surface area contributed by atoms with Crippen molar-refractivity contribution in [2.45, 2.75) is 19.4 Å². The molecule has 1 atom stereocenters. The molecular formula is C23H20N2O5S2. The number of amides is 1. The molecule has 0 bridgehead atoms. The number of nitrogens with zero attached hydrogens (tertiary/aromatic N) is 2. The van der Waals surface area contributed by atoms with E-state index < -0.39 is 5.97 Å². The number of carboxylic acid groups (broad SMARTS) is 1. The predicted octanol–water partition coefficient (Wildman–Crippen LogP) is 5.17. The number of hydrogen-bond acceptors (Lipinski definition) is 7. The molecule has 1 aliphatic heterocycles. The second-order valence-corrected chi connectivity index (χ2v) is 9.94. The summed E-state index contributed by atoms with van der Waals surface area (Å²) < 4.78 is 13.2. The number of pyridine rings is 1. The largest absolute Gasteiger partial charge is 0.478 e. The SMILES string of the molecule is CO[C@@H]1CCN(C(=O)c2cc3nccc(Oc4ccc5c(C(=O)O)c(C)sc5c4)c3s2)C1. The van der Waals surface area contributed by atoms with Gasteiger partial charge >= 0.3 is 5.97 Å². The maximum absolute atomic E-state index is 12.9. The molecule has 32 heavy (non-hydrogen) atoms. The second kappa shape index (κ2) is 8.16. The summed E-state index contributed by atoms with van der Waals surface area (Å²) in [7, 11) is 1.67. The number of likely N-dealkylation sites (tertiary alicyclic amines) is 1. The van der Waals surface area contributed by atoms with E-state index in [2.05, 4.69) is 4.98 Å². The number of methoxy groups -OCH3 is 1. The molecule has 0 unspecified atom stereocenters. The third kappa shape index (κ3) is 3.62. The summed E-state index contributed by atoms with van der Waals surface area (Å²) in [5, 5.41) is 10.2. The molecule has 1 fully saturated rings. The zero-order chi connectivity index (χ0) is 22.4. The number of benzene rings is 1. The Hall–Kier alpha value is -3.01. The number of carbonyl (C=O) groups is 2. The van der Waals surface area contributed by atoms with Crippen LogP contribution in [0.1, 0.15) is 31.3 Å². The third-order valence-corrected chi connectivity index (χ3v) is 7.83. The molecule has 1 aliphatic rings. The van der Waals surface area contributed by atoms with E-state index in [1.165, 1.54) is 22.7 Å². The van der Waals surface area contributed by atoms with Crippen molar-refractivity contribution in [2.24, 2.45) is 0 Å². The summed E-state index contributed by atoms with van der Waals surface area (Å²) in [5.74, 6) is 0.271. The molecule has 0 aliphatic carbocycles. The molecule has 0 radical (unpaired) electrons. The lowest BCUT2D eigenvalue weighted by molar-refractivity contribution is 0.0697. The van der Waals surface area contributed by atoms with Gasteiger partial charge < -0.3 is 19.5 Å². The van der Waals surface area contributed by atoms with E-state index in [-0.39, 0.29) is 12.0 Å². The Morgan fingerprint density at radius 1 is 1.22 bits per heavy atom. The van der Waals surface area contributed by atoms with Crippen LogP contribution in [-0.2, 0) is 4.74 Å². The van der Waals surface area contributed by atoms with Gasteiger partial charge in [0.15, 0.2) is 0 Å². The quantitative estimate of drug-likeness (QED) is 0.435. The van der Waals surface area contributed by atoms with Gasteiger partial charge in [0.05, 0.1) is 26.8 Å². The number of ether oxygens (including phenoxy) is 2. The van der Waals surface area contributed by atoms with Crippen molar-refractivity contribution in [3.8, 4) is 11.5 Å². The van der Waals surface area contributed by atoms with E-state index in [4.69, 9.17) is 9.47 Å². The van der Waals surface area contributed by atoms with Crippen LogP contribution in [0.25, 0.3) is 20.3 Å². The molecule has 1 aromatic carbocycles. The Morgan fingerprint density at radius 2 is 2.06 bits per heavy atom. The van der Waals surface area contributed by atoms with E-state index in [1.807, 2.05) is 11.0 Å². The first kappa shape index (κ1) is 20.9. The number of aryl methyl sites for hydroxylation is 1. The minimum Gasteiger partial charge on any atom is -0.478 e. The van der Waals surface area contributed by atoms with E-state index >= 15 is 0 Å². The summed E-state index contributed by atoms with van der Waals surface area (Å²) in [6, 6.07) is 8.97. The first-order valence-electron chi connectivity index (χ1n) is 10.1. The Bertz CT molecular complexity index is 1360. The highest BCUT2D eigenvalue weighted by Gasteiger charge is 2.28. The van der Waals surface area contributed by atoms with E-state index in [0.717, 1.165) is 20.7 Å². The number of aromatic carboxylic acids is 1. The molecule has 7 nitrogen and oxygen atoms in total. The Kier molecular flexibility index (Phi) is 5.32. The van der Waals surface area contributed by atoms with Gasteiger partial charge in [0.25, 0.3) is 5.91 Å². The molecule has 3 aromatic heterocycles. The highest BCUT2D eigenvalue weighted by molar-refractivity contribution is 7.21. The number of thiophene rings is 2. The van der Waals surface area contributed by atoms with Crippen molar-refractivity contribution < 1.29 is 24.2 Å². The van der Waals surface area contributed by atoms with Crippen LogP contribution in [0.4, 0.5) is 0 Å². The van der Waals surface area contributed by atoms with Crippen LogP contribution in [0, 0.1) is 6.92 Å². The Balaban J connectivity index is 1.45. The van der Waals surface area contributed by atoms with Gasteiger partial charge in [-0.15, -0.1) is 22.7 Å². The summed E-state index contributed by atoms with van der Waals surface area (Å²) in [6.45, 7) is 3.08. The molecular weight excluding hydrogens is 448 g/mol. The number of carboxylic acids is 1. The molecule has 5 rings (SSSR count). The first-order valence-corrected chi connectivity index (χ1v) is 11.7. The second-order valence-electron chi connectivity index (χ2n) is 7.63. The topological polar surface area (TPSA) is 89.0 Å². The molecule has 4 aromatic rings. The van der Waals surface area contributed by atoms with E-state index in [1.54, 1.807) is 44.5 Å². The normalized spacial score (nSPS) is 16.2. The summed E-state index contributed by atoms with van der Waals surface area (Å²) in [6.07, 6.45) is 2.59. The highest BCUT2D eigenvalue weighted by Crippen LogP contribution is 2.38. The van der Waals surface area contributed by atoms with Gasteiger partial charge in [-0.25, -0.2) is 4.79 Å². The van der Waals surface area contributed by atoms with Gasteiger partial charge in [0.1, 0.15) is 11.5 Å². The number of aromatic nitrogens is 1. The van der Waals surface area contributed by atoms with Crippen molar-refractivity contribution in [1.82, 2.24) is 9.88 Å². The number of carbonyl (C=O) groups excluding carboxylic acids is 1. The molecule has 9 heteroatoms. The van der Waals surface area contributed by atoms with Crippen LogP contribution in [-0.4, -0.2) is 53.2 Å². The summed E-state index contributed by atoms with van der Waals surface area (Å²) >= 11 is 2.79. The van der Waals surface area contributed by atoms with Crippen LogP contribution in [0.3, 0.4) is 0 Å².